The number of likely N-dealkylation sites (N-methyl/N-ethyl adjacent to an activating group) is 1. The van der Waals surface area contributed by atoms with Crippen molar-refractivity contribution in [3.63, 3.8) is 0 Å². The van der Waals surface area contributed by atoms with Crippen molar-refractivity contribution >= 4 is 5.78 Å². The third-order valence-corrected chi connectivity index (χ3v) is 2.20. The molecule has 0 amide bonds. The average molecular weight is 195 g/mol. The number of carbonyl (C=O) groups excluding carboxylic acids is 1. The molecule has 1 N–H and O–H groups in total. The topological polar surface area (TPSA) is 29.1 Å². The fourth-order valence-electron chi connectivity index (χ4n) is 1.34. The zero-order chi connectivity index (χ0) is 10.6. The van der Waals surface area contributed by atoms with E-state index in [4.69, 9.17) is 0 Å². The SMILES string of the molecule is CC[C@@H](NC)C(=O)c1ccc(F)cc1. The van der Waals surface area contributed by atoms with Gasteiger partial charge in [0.25, 0.3) is 0 Å². The maximum atomic E-state index is 12.6. The Morgan fingerprint density at radius 2 is 2.00 bits per heavy atom. The summed E-state index contributed by atoms with van der Waals surface area (Å²) < 4.78 is 12.6. The van der Waals surface area contributed by atoms with Crippen LogP contribution in [0.5, 0.6) is 0 Å². The molecule has 1 aromatic carbocycles. The van der Waals surface area contributed by atoms with Crippen molar-refractivity contribution in [3.8, 4) is 0 Å². The summed E-state index contributed by atoms with van der Waals surface area (Å²) in [5.74, 6) is -0.311. The maximum absolute atomic E-state index is 12.6. The second-order valence-electron chi connectivity index (χ2n) is 3.12. The molecule has 0 bridgehead atoms. The molecular formula is C11H14FNO. The molecule has 1 rings (SSSR count). The van der Waals surface area contributed by atoms with Crippen LogP contribution in [-0.4, -0.2) is 18.9 Å². The molecule has 0 unspecified atom stereocenters. The van der Waals surface area contributed by atoms with Crippen molar-refractivity contribution in [2.24, 2.45) is 0 Å². The largest absolute Gasteiger partial charge is 0.310 e. The number of ketones is 1. The first-order chi connectivity index (χ1) is 6.69. The van der Waals surface area contributed by atoms with Crippen LogP contribution in [0.1, 0.15) is 23.7 Å². The second-order valence-corrected chi connectivity index (χ2v) is 3.12. The van der Waals surface area contributed by atoms with Crippen molar-refractivity contribution in [3.05, 3.63) is 35.6 Å². The van der Waals surface area contributed by atoms with Crippen LogP contribution in [0.4, 0.5) is 4.39 Å². The Bertz CT molecular complexity index is 304. The van der Waals surface area contributed by atoms with Gasteiger partial charge in [-0.15, -0.1) is 0 Å². The normalized spacial score (nSPS) is 12.5. The molecule has 0 spiro atoms. The lowest BCUT2D eigenvalue weighted by Gasteiger charge is -2.11. The van der Waals surface area contributed by atoms with Gasteiger partial charge in [0.15, 0.2) is 5.78 Å². The quantitative estimate of drug-likeness (QED) is 0.744. The van der Waals surface area contributed by atoms with Gasteiger partial charge in [0.2, 0.25) is 0 Å². The third kappa shape index (κ3) is 2.39. The molecule has 0 radical (unpaired) electrons. The molecule has 0 aliphatic rings. The van der Waals surface area contributed by atoms with Crippen molar-refractivity contribution in [1.29, 1.82) is 0 Å². The van der Waals surface area contributed by atoms with E-state index in [0.717, 1.165) is 6.42 Å². The summed E-state index contributed by atoms with van der Waals surface area (Å²) in [6.45, 7) is 1.93. The minimum Gasteiger partial charge on any atom is -0.310 e. The minimum atomic E-state index is -0.320. The van der Waals surface area contributed by atoms with Gasteiger partial charge in [0, 0.05) is 5.56 Å². The van der Waals surface area contributed by atoms with Crippen molar-refractivity contribution in [2.45, 2.75) is 19.4 Å². The predicted molar refractivity (Wildman–Crippen MR) is 53.9 cm³/mol. The van der Waals surface area contributed by atoms with Gasteiger partial charge in [-0.05, 0) is 37.7 Å². The van der Waals surface area contributed by atoms with E-state index in [-0.39, 0.29) is 17.6 Å². The van der Waals surface area contributed by atoms with Gasteiger partial charge in [0.05, 0.1) is 6.04 Å². The standard InChI is InChI=1S/C11H14FNO/c1-3-10(13-2)11(14)8-4-6-9(12)7-5-8/h4-7,10,13H,3H2,1-2H3/t10-/m1/s1. The molecule has 0 saturated carbocycles. The molecule has 14 heavy (non-hydrogen) atoms. The fraction of sp³-hybridized carbons (Fsp3) is 0.364. The molecule has 0 aromatic heterocycles. The van der Waals surface area contributed by atoms with Crippen LogP contribution in [-0.2, 0) is 0 Å². The second kappa shape index (κ2) is 4.86. The summed E-state index contributed by atoms with van der Waals surface area (Å²) in [5, 5.41) is 2.92. The minimum absolute atomic E-state index is 0.00926. The molecule has 3 heteroatoms. The summed E-state index contributed by atoms with van der Waals surface area (Å²) in [7, 11) is 1.75. The molecule has 0 aliphatic carbocycles. The van der Waals surface area contributed by atoms with Crippen LogP contribution < -0.4 is 5.32 Å². The average Bonchev–Trinajstić information content (AvgIpc) is 2.20. The Hall–Kier alpha value is -1.22. The monoisotopic (exact) mass is 195 g/mol. The number of halogens is 1. The number of benzene rings is 1. The summed E-state index contributed by atoms with van der Waals surface area (Å²) in [6, 6.07) is 5.45. The number of carbonyl (C=O) groups is 1. The maximum Gasteiger partial charge on any atom is 0.179 e. The highest BCUT2D eigenvalue weighted by molar-refractivity contribution is 6.00. The summed E-state index contributed by atoms with van der Waals surface area (Å²) in [5.41, 5.74) is 0.549. The molecule has 0 saturated heterocycles. The lowest BCUT2D eigenvalue weighted by molar-refractivity contribution is 0.0945. The van der Waals surface area contributed by atoms with E-state index in [0.29, 0.717) is 5.56 Å². The first kappa shape index (κ1) is 10.9. The van der Waals surface area contributed by atoms with Crippen molar-refractivity contribution in [2.75, 3.05) is 7.05 Å². The predicted octanol–water partition coefficient (Wildman–Crippen LogP) is 2.01. The van der Waals surface area contributed by atoms with Gasteiger partial charge in [-0.2, -0.15) is 0 Å². The lowest BCUT2D eigenvalue weighted by atomic mass is 10.0. The van der Waals surface area contributed by atoms with Gasteiger partial charge >= 0.3 is 0 Å². The number of Topliss-reactive ketones (excluding diaryl/α,β-unsaturated/α-hetero) is 1. The Kier molecular flexibility index (Phi) is 3.77. The van der Waals surface area contributed by atoms with Crippen LogP contribution in [0.15, 0.2) is 24.3 Å². The first-order valence-corrected chi connectivity index (χ1v) is 4.66. The van der Waals surface area contributed by atoms with Gasteiger partial charge in [-0.3, -0.25) is 4.79 Å². The number of nitrogens with one attached hydrogen (secondary N) is 1. The number of rotatable bonds is 4. The Morgan fingerprint density at radius 3 is 2.43 bits per heavy atom. The molecular weight excluding hydrogens is 181 g/mol. The highest BCUT2D eigenvalue weighted by atomic mass is 19.1. The van der Waals surface area contributed by atoms with Gasteiger partial charge < -0.3 is 5.32 Å². The van der Waals surface area contributed by atoms with Gasteiger partial charge in [0.1, 0.15) is 5.82 Å². The van der Waals surface area contributed by atoms with E-state index in [2.05, 4.69) is 5.32 Å². The van der Waals surface area contributed by atoms with Crippen LogP contribution >= 0.6 is 0 Å². The van der Waals surface area contributed by atoms with Gasteiger partial charge in [-0.25, -0.2) is 4.39 Å². The van der Waals surface area contributed by atoms with E-state index in [1.807, 2.05) is 6.92 Å². The Balaban J connectivity index is 2.83. The summed E-state index contributed by atoms with van der Waals surface area (Å²) in [4.78, 5) is 11.7. The highest BCUT2D eigenvalue weighted by Crippen LogP contribution is 2.07. The molecule has 1 aromatic rings. The van der Waals surface area contributed by atoms with E-state index >= 15 is 0 Å². The fourth-order valence-corrected chi connectivity index (χ4v) is 1.34. The third-order valence-electron chi connectivity index (χ3n) is 2.20. The zero-order valence-corrected chi connectivity index (χ0v) is 8.38. The number of hydrogen-bond donors (Lipinski definition) is 1. The Morgan fingerprint density at radius 1 is 1.43 bits per heavy atom. The zero-order valence-electron chi connectivity index (χ0n) is 8.38. The van der Waals surface area contributed by atoms with E-state index in [1.54, 1.807) is 7.05 Å². The smallest absolute Gasteiger partial charge is 0.179 e. The number of hydrogen-bond acceptors (Lipinski definition) is 2. The summed E-state index contributed by atoms with van der Waals surface area (Å²) in [6.07, 6.45) is 0.729. The molecule has 1 atom stereocenters. The molecule has 0 fully saturated rings. The van der Waals surface area contributed by atoms with Crippen molar-refractivity contribution in [1.82, 2.24) is 5.32 Å². The Labute approximate surface area is 83.1 Å². The highest BCUT2D eigenvalue weighted by Gasteiger charge is 2.15. The lowest BCUT2D eigenvalue weighted by Crippen LogP contribution is -2.33. The van der Waals surface area contributed by atoms with Crippen LogP contribution in [0.25, 0.3) is 0 Å². The molecule has 0 aliphatic heterocycles. The summed E-state index contributed by atoms with van der Waals surface area (Å²) >= 11 is 0. The van der Waals surface area contributed by atoms with Crippen LogP contribution in [0.3, 0.4) is 0 Å². The molecule has 0 heterocycles. The molecule has 76 valence electrons. The van der Waals surface area contributed by atoms with E-state index in [9.17, 15) is 9.18 Å². The van der Waals surface area contributed by atoms with Crippen LogP contribution in [0, 0.1) is 5.82 Å². The molecule has 2 nitrogen and oxygen atoms in total. The van der Waals surface area contributed by atoms with Crippen LogP contribution in [0.2, 0.25) is 0 Å². The van der Waals surface area contributed by atoms with Crippen molar-refractivity contribution < 1.29 is 9.18 Å². The van der Waals surface area contributed by atoms with E-state index in [1.165, 1.54) is 24.3 Å². The first-order valence-electron chi connectivity index (χ1n) is 4.66. The van der Waals surface area contributed by atoms with E-state index < -0.39 is 0 Å². The van der Waals surface area contributed by atoms with Gasteiger partial charge in [-0.1, -0.05) is 6.92 Å².